The number of aryl methyl sites for hydroxylation is 2. The Balaban J connectivity index is 2.15. The minimum absolute atomic E-state index is 0.0750. The monoisotopic (exact) mass is 262 g/mol. The molecule has 2 rings (SSSR count). The van der Waals surface area contributed by atoms with Gasteiger partial charge in [-0.1, -0.05) is 11.2 Å². The quantitative estimate of drug-likeness (QED) is 0.800. The minimum Gasteiger partial charge on any atom is -0.396 e. The van der Waals surface area contributed by atoms with Crippen LogP contribution >= 0.6 is 0 Å². The number of aliphatic hydroxyl groups excluding tert-OH is 1. The van der Waals surface area contributed by atoms with Gasteiger partial charge in [-0.25, -0.2) is 0 Å². The first kappa shape index (κ1) is 13.5. The van der Waals surface area contributed by atoms with E-state index >= 15 is 0 Å². The van der Waals surface area contributed by atoms with Crippen LogP contribution in [0.3, 0.4) is 0 Å². The Morgan fingerprint density at radius 2 is 2.21 bits per heavy atom. The second-order valence-electron chi connectivity index (χ2n) is 4.69. The van der Waals surface area contributed by atoms with E-state index in [1.807, 2.05) is 26.0 Å². The fourth-order valence-electron chi connectivity index (χ4n) is 2.16. The van der Waals surface area contributed by atoms with E-state index in [1.165, 1.54) is 0 Å². The molecule has 0 fully saturated rings. The van der Waals surface area contributed by atoms with E-state index in [1.54, 1.807) is 0 Å². The summed E-state index contributed by atoms with van der Waals surface area (Å²) in [6, 6.07) is 3.97. The number of rotatable bonds is 5. The number of nitrogens with one attached hydrogen (secondary N) is 1. The molecule has 1 aromatic carbocycles. The van der Waals surface area contributed by atoms with Gasteiger partial charge in [0.2, 0.25) is 5.91 Å². The zero-order chi connectivity index (χ0) is 13.8. The van der Waals surface area contributed by atoms with Gasteiger partial charge in [-0.05, 0) is 37.5 Å². The molecule has 0 atom stereocenters. The van der Waals surface area contributed by atoms with Crippen LogP contribution in [0.4, 0.5) is 0 Å². The Morgan fingerprint density at radius 3 is 2.95 bits per heavy atom. The molecule has 1 heterocycles. The molecule has 0 spiro atoms. The lowest BCUT2D eigenvalue weighted by molar-refractivity contribution is -0.120. The fraction of sp³-hybridized carbons (Fsp3) is 0.429. The van der Waals surface area contributed by atoms with Crippen molar-refractivity contribution >= 4 is 16.9 Å². The van der Waals surface area contributed by atoms with Crippen molar-refractivity contribution in [2.24, 2.45) is 0 Å². The molecule has 0 bridgehead atoms. The number of carbonyl (C=O) groups excluding carboxylic acids is 1. The summed E-state index contributed by atoms with van der Waals surface area (Å²) in [5.41, 5.74) is 3.55. The number of carbonyl (C=O) groups is 1. The van der Waals surface area contributed by atoms with Gasteiger partial charge in [0.1, 0.15) is 5.69 Å². The van der Waals surface area contributed by atoms with Crippen LogP contribution in [0.5, 0.6) is 0 Å². The normalized spacial score (nSPS) is 10.9. The van der Waals surface area contributed by atoms with Gasteiger partial charge in [0.25, 0.3) is 0 Å². The molecule has 0 saturated heterocycles. The predicted molar refractivity (Wildman–Crippen MR) is 71.9 cm³/mol. The van der Waals surface area contributed by atoms with Gasteiger partial charge < -0.3 is 14.9 Å². The predicted octanol–water partition coefficient (Wildman–Crippen LogP) is 1.49. The SMILES string of the molecule is Cc1cc(C)c2c(CC(=O)NCCCO)noc2c1. The summed E-state index contributed by atoms with van der Waals surface area (Å²) >= 11 is 0. The lowest BCUT2D eigenvalue weighted by Crippen LogP contribution is -2.26. The zero-order valence-electron chi connectivity index (χ0n) is 11.2. The molecule has 0 unspecified atom stereocenters. The second-order valence-corrected chi connectivity index (χ2v) is 4.69. The molecule has 102 valence electrons. The molecule has 5 nitrogen and oxygen atoms in total. The van der Waals surface area contributed by atoms with Gasteiger partial charge in [-0.2, -0.15) is 0 Å². The maximum absolute atomic E-state index is 11.7. The van der Waals surface area contributed by atoms with E-state index in [0.29, 0.717) is 18.7 Å². The topological polar surface area (TPSA) is 75.4 Å². The van der Waals surface area contributed by atoms with Crippen molar-refractivity contribution in [3.8, 4) is 0 Å². The summed E-state index contributed by atoms with van der Waals surface area (Å²) in [4.78, 5) is 11.7. The maximum Gasteiger partial charge on any atom is 0.226 e. The summed E-state index contributed by atoms with van der Waals surface area (Å²) in [6.45, 7) is 4.53. The number of aliphatic hydroxyl groups is 1. The Kier molecular flexibility index (Phi) is 4.16. The minimum atomic E-state index is -0.108. The molecule has 2 N–H and O–H groups in total. The van der Waals surface area contributed by atoms with Crippen LogP contribution < -0.4 is 5.32 Å². The van der Waals surface area contributed by atoms with E-state index in [9.17, 15) is 4.79 Å². The first-order chi connectivity index (χ1) is 9.11. The van der Waals surface area contributed by atoms with Crippen LogP contribution in [0.2, 0.25) is 0 Å². The molecule has 0 aliphatic heterocycles. The van der Waals surface area contributed by atoms with Crippen molar-refractivity contribution < 1.29 is 14.4 Å². The second kappa shape index (κ2) is 5.84. The molecular weight excluding hydrogens is 244 g/mol. The molecule has 0 saturated carbocycles. The highest BCUT2D eigenvalue weighted by Gasteiger charge is 2.14. The maximum atomic E-state index is 11.7. The molecule has 2 aromatic rings. The van der Waals surface area contributed by atoms with Gasteiger partial charge in [-0.15, -0.1) is 0 Å². The molecule has 1 amide bonds. The van der Waals surface area contributed by atoms with E-state index in [0.717, 1.165) is 22.1 Å². The zero-order valence-corrected chi connectivity index (χ0v) is 11.2. The van der Waals surface area contributed by atoms with Crippen molar-refractivity contribution in [1.82, 2.24) is 10.5 Å². The third-order valence-corrected chi connectivity index (χ3v) is 2.97. The van der Waals surface area contributed by atoms with E-state index < -0.39 is 0 Å². The van der Waals surface area contributed by atoms with E-state index in [4.69, 9.17) is 9.63 Å². The van der Waals surface area contributed by atoms with Gasteiger partial charge >= 0.3 is 0 Å². The van der Waals surface area contributed by atoms with Gasteiger partial charge in [0, 0.05) is 18.5 Å². The largest absolute Gasteiger partial charge is 0.396 e. The van der Waals surface area contributed by atoms with Crippen LogP contribution in [-0.4, -0.2) is 29.3 Å². The average Bonchev–Trinajstić information content (AvgIpc) is 2.72. The van der Waals surface area contributed by atoms with E-state index in [2.05, 4.69) is 10.5 Å². The van der Waals surface area contributed by atoms with E-state index in [-0.39, 0.29) is 18.9 Å². The highest BCUT2D eigenvalue weighted by Crippen LogP contribution is 2.24. The van der Waals surface area contributed by atoms with Crippen LogP contribution in [-0.2, 0) is 11.2 Å². The molecule has 0 aliphatic carbocycles. The van der Waals surface area contributed by atoms with Crippen LogP contribution in [0.15, 0.2) is 16.7 Å². The smallest absolute Gasteiger partial charge is 0.226 e. The number of aromatic nitrogens is 1. The van der Waals surface area contributed by atoms with Crippen LogP contribution in [0, 0.1) is 13.8 Å². The Labute approximate surface area is 111 Å². The average molecular weight is 262 g/mol. The first-order valence-corrected chi connectivity index (χ1v) is 6.35. The van der Waals surface area contributed by atoms with Gasteiger partial charge in [0.05, 0.1) is 6.42 Å². The van der Waals surface area contributed by atoms with Crippen LogP contribution in [0.1, 0.15) is 23.2 Å². The van der Waals surface area contributed by atoms with Gasteiger partial charge in [-0.3, -0.25) is 4.79 Å². The number of nitrogens with zero attached hydrogens (tertiary/aromatic N) is 1. The number of fused-ring (bicyclic) bond motifs is 1. The summed E-state index contributed by atoms with van der Waals surface area (Å²) < 4.78 is 5.27. The third kappa shape index (κ3) is 3.12. The summed E-state index contributed by atoms with van der Waals surface area (Å²) in [6.07, 6.45) is 0.756. The molecular formula is C14H18N2O3. The highest BCUT2D eigenvalue weighted by molar-refractivity contribution is 5.88. The molecule has 0 radical (unpaired) electrons. The highest BCUT2D eigenvalue weighted by atomic mass is 16.5. The number of hydrogen-bond donors (Lipinski definition) is 2. The summed E-state index contributed by atoms with van der Waals surface area (Å²) in [7, 11) is 0. The summed E-state index contributed by atoms with van der Waals surface area (Å²) in [5.74, 6) is -0.108. The van der Waals surface area contributed by atoms with Crippen molar-refractivity contribution in [2.45, 2.75) is 26.7 Å². The van der Waals surface area contributed by atoms with Gasteiger partial charge in [0.15, 0.2) is 5.58 Å². The number of benzene rings is 1. The Bertz CT molecular complexity index is 590. The molecule has 5 heteroatoms. The first-order valence-electron chi connectivity index (χ1n) is 6.35. The van der Waals surface area contributed by atoms with Crippen molar-refractivity contribution in [3.63, 3.8) is 0 Å². The van der Waals surface area contributed by atoms with Crippen molar-refractivity contribution in [1.29, 1.82) is 0 Å². The Hall–Kier alpha value is -1.88. The van der Waals surface area contributed by atoms with Crippen LogP contribution in [0.25, 0.3) is 11.0 Å². The number of hydrogen-bond acceptors (Lipinski definition) is 4. The molecule has 1 aromatic heterocycles. The number of amides is 1. The standard InChI is InChI=1S/C14H18N2O3/c1-9-6-10(2)14-11(16-19-12(14)7-9)8-13(18)15-4-3-5-17/h6-7,17H,3-5,8H2,1-2H3,(H,15,18). The molecule has 0 aliphatic rings. The lowest BCUT2D eigenvalue weighted by Gasteiger charge is -2.03. The molecule has 19 heavy (non-hydrogen) atoms. The van der Waals surface area contributed by atoms with Crippen molar-refractivity contribution in [2.75, 3.05) is 13.2 Å². The summed E-state index contributed by atoms with van der Waals surface area (Å²) in [5, 5.41) is 16.3. The fourth-order valence-corrected chi connectivity index (χ4v) is 2.16. The van der Waals surface area contributed by atoms with Crippen molar-refractivity contribution in [3.05, 3.63) is 29.0 Å². The third-order valence-electron chi connectivity index (χ3n) is 2.97. The Morgan fingerprint density at radius 1 is 1.42 bits per heavy atom. The lowest BCUT2D eigenvalue weighted by atomic mass is 10.0.